The second-order valence-electron chi connectivity index (χ2n) is 12.0. The van der Waals surface area contributed by atoms with Crippen LogP contribution in [0.25, 0.3) is 0 Å². The van der Waals surface area contributed by atoms with E-state index in [1.165, 1.54) is 4.90 Å². The van der Waals surface area contributed by atoms with Gasteiger partial charge in [0, 0.05) is 69.0 Å². The first-order valence-corrected chi connectivity index (χ1v) is 15.9. The van der Waals surface area contributed by atoms with Gasteiger partial charge in [-0.1, -0.05) is 35.9 Å². The molecule has 0 bridgehead atoms. The molecule has 2 heterocycles. The van der Waals surface area contributed by atoms with E-state index in [1.807, 2.05) is 4.90 Å². The van der Waals surface area contributed by atoms with E-state index in [4.69, 9.17) is 11.6 Å². The second kappa shape index (κ2) is 14.5. The van der Waals surface area contributed by atoms with Crippen LogP contribution in [0.5, 0.6) is 0 Å². The van der Waals surface area contributed by atoms with Gasteiger partial charge < -0.3 is 29.8 Å². The van der Waals surface area contributed by atoms with Crippen LogP contribution >= 0.6 is 11.6 Å². The minimum atomic E-state index is -1.25. The Kier molecular flexibility index (Phi) is 10.5. The highest BCUT2D eigenvalue weighted by atomic mass is 35.5. The van der Waals surface area contributed by atoms with Gasteiger partial charge in [-0.25, -0.2) is 4.79 Å². The highest BCUT2D eigenvalue weighted by Gasteiger charge is 2.41. The van der Waals surface area contributed by atoms with E-state index in [0.717, 1.165) is 30.0 Å². The number of benzene rings is 2. The molecule has 1 saturated carbocycles. The second-order valence-corrected chi connectivity index (χ2v) is 12.4. The number of hydrogen-bond donors (Lipinski definition) is 2. The van der Waals surface area contributed by atoms with Crippen LogP contribution in [-0.2, 0) is 25.6 Å². The quantitative estimate of drug-likeness (QED) is 0.251. The number of carbonyl (C=O) groups excluding carboxylic acids is 3. The zero-order chi connectivity index (χ0) is 33.0. The summed E-state index contributed by atoms with van der Waals surface area (Å²) in [5.41, 5.74) is 2.51. The Labute approximate surface area is 273 Å². The van der Waals surface area contributed by atoms with Gasteiger partial charge in [0.2, 0.25) is 5.91 Å². The van der Waals surface area contributed by atoms with Crippen LogP contribution in [0, 0.1) is 5.92 Å². The molecule has 0 spiro atoms. The zero-order valence-electron chi connectivity index (χ0n) is 25.8. The van der Waals surface area contributed by atoms with Crippen molar-refractivity contribution in [1.82, 2.24) is 9.80 Å². The molecule has 3 amide bonds. The van der Waals surface area contributed by atoms with Crippen molar-refractivity contribution >= 4 is 52.4 Å². The van der Waals surface area contributed by atoms with Gasteiger partial charge >= 0.3 is 17.8 Å². The maximum atomic E-state index is 13.5. The molecule has 0 aromatic heterocycles. The number of aliphatic hydroxyl groups excluding tert-OH is 1. The van der Waals surface area contributed by atoms with Crippen molar-refractivity contribution in [2.45, 2.75) is 31.3 Å². The van der Waals surface area contributed by atoms with Crippen LogP contribution in [0.3, 0.4) is 0 Å². The van der Waals surface area contributed by atoms with E-state index in [0.29, 0.717) is 60.1 Å². The van der Waals surface area contributed by atoms with Crippen LogP contribution in [-0.4, -0.2) is 108 Å². The lowest BCUT2D eigenvalue weighted by Gasteiger charge is -2.45. The maximum absolute atomic E-state index is 13.5. The number of amides is 3. The molecule has 2 N–H and O–H groups in total. The molecule has 1 unspecified atom stereocenters. The Bertz CT molecular complexity index is 1480. The first kappa shape index (κ1) is 33.2. The largest absolute Gasteiger partial charge is 0.480 e. The summed E-state index contributed by atoms with van der Waals surface area (Å²) >= 11 is 6.29. The molecule has 1 aliphatic carbocycles. The molecule has 11 nitrogen and oxygen atoms in total. The number of carbonyl (C=O) groups is 4. The maximum Gasteiger partial charge on any atom is 0.326 e. The smallest absolute Gasteiger partial charge is 0.326 e. The summed E-state index contributed by atoms with van der Waals surface area (Å²) in [6, 6.07) is 11.3. The molecule has 244 valence electrons. The highest BCUT2D eigenvalue weighted by Crippen LogP contribution is 2.35. The Morgan fingerprint density at radius 1 is 0.957 bits per heavy atom. The number of carboxylic acids is 1. The Morgan fingerprint density at radius 2 is 1.63 bits per heavy atom. The number of aliphatic carboxylic acids is 1. The van der Waals surface area contributed by atoms with Gasteiger partial charge in [0.1, 0.15) is 6.04 Å². The molecule has 2 aromatic carbocycles. The summed E-state index contributed by atoms with van der Waals surface area (Å²) in [5, 5.41) is 19.8. The Hall–Kier alpha value is -4.19. The number of nitrogens with zero attached hydrogens (tertiary/aromatic N) is 5. The van der Waals surface area contributed by atoms with E-state index < -0.39 is 23.8 Å². The molecule has 5 rings (SSSR count). The van der Waals surface area contributed by atoms with Gasteiger partial charge in [-0.2, -0.15) is 0 Å². The van der Waals surface area contributed by atoms with Crippen molar-refractivity contribution in [3.63, 3.8) is 0 Å². The lowest BCUT2D eigenvalue weighted by atomic mass is 9.79. The predicted molar refractivity (Wildman–Crippen MR) is 177 cm³/mol. The van der Waals surface area contributed by atoms with Crippen LogP contribution in [0.1, 0.15) is 18.4 Å². The topological polar surface area (TPSA) is 125 Å². The van der Waals surface area contributed by atoms with Gasteiger partial charge in [-0.15, -0.1) is 13.2 Å². The highest BCUT2D eigenvalue weighted by molar-refractivity contribution is 6.41. The molecule has 2 saturated heterocycles. The fourth-order valence-electron chi connectivity index (χ4n) is 6.53. The first-order valence-electron chi connectivity index (χ1n) is 15.5. The molecule has 2 aliphatic heterocycles. The molecule has 2 aromatic rings. The summed E-state index contributed by atoms with van der Waals surface area (Å²) in [6.45, 7) is 10.5. The average Bonchev–Trinajstić information content (AvgIpc) is 3.01. The van der Waals surface area contributed by atoms with Crippen molar-refractivity contribution in [1.29, 1.82) is 0 Å². The lowest BCUT2D eigenvalue weighted by Crippen LogP contribution is -2.59. The number of hydrogen-bond acceptors (Lipinski definition) is 7. The van der Waals surface area contributed by atoms with E-state index in [1.54, 1.807) is 59.5 Å². The SMILES string of the molecule is C=CCN(CC=C)c1ccc(Cl)cc1N1CCN(C(Cc2ccc(N3CCN(C4CC(CO)C4)CC3=O)cc2)C(=O)O)C(=O)C1=O. The fourth-order valence-corrected chi connectivity index (χ4v) is 6.70. The van der Waals surface area contributed by atoms with E-state index >= 15 is 0 Å². The fraction of sp³-hybridized carbons (Fsp3) is 0.412. The van der Waals surface area contributed by atoms with Gasteiger partial charge in [-0.3, -0.25) is 19.3 Å². The van der Waals surface area contributed by atoms with Crippen molar-refractivity contribution < 1.29 is 29.4 Å². The third-order valence-electron chi connectivity index (χ3n) is 9.10. The molecular formula is C34H40ClN5O6. The van der Waals surface area contributed by atoms with Crippen molar-refractivity contribution in [3.05, 3.63) is 78.4 Å². The summed E-state index contributed by atoms with van der Waals surface area (Å²) in [6.07, 6.45) is 5.27. The Balaban J connectivity index is 1.25. The molecule has 12 heteroatoms. The molecular weight excluding hydrogens is 610 g/mol. The Morgan fingerprint density at radius 3 is 2.24 bits per heavy atom. The number of halogens is 1. The number of piperazine rings is 2. The van der Waals surface area contributed by atoms with E-state index in [-0.39, 0.29) is 32.0 Å². The predicted octanol–water partition coefficient (Wildman–Crippen LogP) is 2.81. The van der Waals surface area contributed by atoms with Gasteiger partial charge in [-0.05, 0) is 54.7 Å². The van der Waals surface area contributed by atoms with Crippen molar-refractivity contribution in [2.24, 2.45) is 5.92 Å². The van der Waals surface area contributed by atoms with E-state index in [2.05, 4.69) is 18.1 Å². The molecule has 3 fully saturated rings. The van der Waals surface area contributed by atoms with Gasteiger partial charge in [0.05, 0.1) is 17.9 Å². The normalized spacial score (nSPS) is 21.2. The monoisotopic (exact) mass is 649 g/mol. The van der Waals surface area contributed by atoms with Gasteiger partial charge in [0.15, 0.2) is 0 Å². The van der Waals surface area contributed by atoms with Gasteiger partial charge in [0.25, 0.3) is 0 Å². The summed E-state index contributed by atoms with van der Waals surface area (Å²) in [7, 11) is 0. The average molecular weight is 650 g/mol. The first-order chi connectivity index (χ1) is 22.1. The van der Waals surface area contributed by atoms with Crippen molar-refractivity contribution in [3.8, 4) is 0 Å². The van der Waals surface area contributed by atoms with Crippen LogP contribution in [0.2, 0.25) is 5.02 Å². The van der Waals surface area contributed by atoms with Crippen LogP contribution < -0.4 is 14.7 Å². The number of carboxylic acid groups (broad SMARTS) is 1. The minimum absolute atomic E-state index is 0.00107. The van der Waals surface area contributed by atoms with Crippen molar-refractivity contribution in [2.75, 3.05) is 67.1 Å². The summed E-state index contributed by atoms with van der Waals surface area (Å²) in [5.74, 6) is -2.62. The molecule has 46 heavy (non-hydrogen) atoms. The summed E-state index contributed by atoms with van der Waals surface area (Å²) in [4.78, 5) is 60.6. The number of aliphatic hydroxyl groups is 1. The molecule has 0 radical (unpaired) electrons. The zero-order valence-corrected chi connectivity index (χ0v) is 26.5. The third-order valence-corrected chi connectivity index (χ3v) is 9.33. The molecule has 3 aliphatic rings. The lowest BCUT2D eigenvalue weighted by molar-refractivity contribution is -0.155. The van der Waals surface area contributed by atoms with E-state index in [9.17, 15) is 29.4 Å². The standard InChI is InChI=1S/C34H40ClN5O6/c1-3-11-36(12-4-2)28-10-7-25(35)20-29(28)39-15-16-40(33(44)32(39)43)30(34(45)46)19-23-5-8-26(9-6-23)38-14-13-37(21-31(38)42)27-17-24(18-27)22-41/h3-10,20,24,27,30,41H,1-2,11-19,21-22H2,(H,45,46). The number of anilines is 3. The molecule has 1 atom stereocenters. The third kappa shape index (κ3) is 6.96. The summed E-state index contributed by atoms with van der Waals surface area (Å²) < 4.78 is 0. The number of rotatable bonds is 13. The van der Waals surface area contributed by atoms with Crippen LogP contribution in [0.4, 0.5) is 17.1 Å². The van der Waals surface area contributed by atoms with Crippen LogP contribution in [0.15, 0.2) is 67.8 Å². The minimum Gasteiger partial charge on any atom is -0.480 e.